The summed E-state index contributed by atoms with van der Waals surface area (Å²) in [5, 5.41) is 5.11. The molecule has 2 N–H and O–H groups in total. The van der Waals surface area contributed by atoms with E-state index >= 15 is 0 Å². The van der Waals surface area contributed by atoms with Crippen LogP contribution in [0.15, 0.2) is 36.4 Å². The molecule has 0 saturated heterocycles. The van der Waals surface area contributed by atoms with Gasteiger partial charge in [0.2, 0.25) is 0 Å². The molecular formula is C18H15Cl2FN2O4. The Labute approximate surface area is 164 Å². The van der Waals surface area contributed by atoms with Gasteiger partial charge in [-0.15, -0.1) is 0 Å². The number of aryl methyl sites for hydroxylation is 1. The average molecular weight is 413 g/mol. The molecule has 0 unspecified atom stereocenters. The first-order chi connectivity index (χ1) is 12.8. The molecule has 27 heavy (non-hydrogen) atoms. The van der Waals surface area contributed by atoms with Crippen molar-refractivity contribution in [2.24, 2.45) is 0 Å². The number of carbonyl (C=O) groups is 3. The number of esters is 1. The Morgan fingerprint density at radius 3 is 2.48 bits per heavy atom. The van der Waals surface area contributed by atoms with Crippen LogP contribution in [0.4, 0.5) is 10.1 Å². The van der Waals surface area contributed by atoms with Crippen molar-refractivity contribution in [3.63, 3.8) is 0 Å². The van der Waals surface area contributed by atoms with E-state index in [1.165, 1.54) is 30.3 Å². The molecule has 0 aliphatic rings. The van der Waals surface area contributed by atoms with Crippen LogP contribution in [0, 0.1) is 12.7 Å². The van der Waals surface area contributed by atoms with Crippen molar-refractivity contribution in [2.45, 2.75) is 6.92 Å². The number of halogens is 3. The van der Waals surface area contributed by atoms with E-state index in [0.29, 0.717) is 10.6 Å². The molecule has 0 bridgehead atoms. The summed E-state index contributed by atoms with van der Waals surface area (Å²) < 4.78 is 18.4. The Morgan fingerprint density at radius 2 is 1.81 bits per heavy atom. The molecule has 0 radical (unpaired) electrons. The minimum absolute atomic E-state index is 0.0189. The van der Waals surface area contributed by atoms with Gasteiger partial charge in [-0.25, -0.2) is 4.39 Å². The topological polar surface area (TPSA) is 84.5 Å². The van der Waals surface area contributed by atoms with E-state index in [1.54, 1.807) is 13.0 Å². The monoisotopic (exact) mass is 412 g/mol. The number of rotatable bonds is 6. The number of amides is 2. The van der Waals surface area contributed by atoms with E-state index in [2.05, 4.69) is 10.6 Å². The standard InChI is InChI=1S/C18H15Cl2FN2O4/c1-10-2-5-15(14(21)6-10)23-16(24)9-27-17(25)8-22-18(26)11-3-4-12(19)13(20)7-11/h2-7H,8-9H2,1H3,(H,22,26)(H,23,24). The lowest BCUT2D eigenvalue weighted by atomic mass is 10.2. The highest BCUT2D eigenvalue weighted by Crippen LogP contribution is 2.22. The van der Waals surface area contributed by atoms with Gasteiger partial charge in [-0.3, -0.25) is 14.4 Å². The lowest BCUT2D eigenvalue weighted by Crippen LogP contribution is -2.32. The average Bonchev–Trinajstić information content (AvgIpc) is 2.62. The lowest BCUT2D eigenvalue weighted by molar-refractivity contribution is -0.146. The Kier molecular flexibility index (Phi) is 7.15. The zero-order chi connectivity index (χ0) is 20.0. The maximum absolute atomic E-state index is 13.6. The fourth-order valence-electron chi connectivity index (χ4n) is 2.00. The molecule has 0 atom stereocenters. The van der Waals surface area contributed by atoms with Crippen LogP contribution >= 0.6 is 23.2 Å². The smallest absolute Gasteiger partial charge is 0.325 e. The van der Waals surface area contributed by atoms with E-state index in [-0.39, 0.29) is 16.3 Å². The van der Waals surface area contributed by atoms with Crippen LogP contribution in [0.25, 0.3) is 0 Å². The second kappa shape index (κ2) is 9.34. The van der Waals surface area contributed by atoms with Crippen molar-refractivity contribution in [3.05, 3.63) is 63.4 Å². The highest BCUT2D eigenvalue weighted by atomic mass is 35.5. The highest BCUT2D eigenvalue weighted by Gasteiger charge is 2.13. The number of hydrogen-bond acceptors (Lipinski definition) is 4. The number of benzene rings is 2. The molecule has 2 aromatic carbocycles. The SMILES string of the molecule is Cc1ccc(NC(=O)COC(=O)CNC(=O)c2ccc(Cl)c(Cl)c2)c(F)c1. The fourth-order valence-corrected chi connectivity index (χ4v) is 2.29. The number of hydrogen-bond donors (Lipinski definition) is 2. The van der Waals surface area contributed by atoms with Crippen LogP contribution in [0.5, 0.6) is 0 Å². The first kappa shape index (κ1) is 20.7. The first-order valence-electron chi connectivity index (χ1n) is 7.71. The molecule has 0 saturated carbocycles. The van der Waals surface area contributed by atoms with Gasteiger partial charge in [0.25, 0.3) is 11.8 Å². The number of anilines is 1. The Hall–Kier alpha value is -2.64. The van der Waals surface area contributed by atoms with Crippen LogP contribution in [0.1, 0.15) is 15.9 Å². The zero-order valence-electron chi connectivity index (χ0n) is 14.1. The Bertz CT molecular complexity index is 890. The van der Waals surface area contributed by atoms with Crippen LogP contribution in [-0.4, -0.2) is 30.9 Å². The molecule has 0 heterocycles. The summed E-state index contributed by atoms with van der Waals surface area (Å²) in [5.74, 6) is -2.69. The van der Waals surface area contributed by atoms with Crippen LogP contribution in [0.2, 0.25) is 10.0 Å². The second-order valence-electron chi connectivity index (χ2n) is 5.50. The number of ether oxygens (including phenoxy) is 1. The predicted molar refractivity (Wildman–Crippen MR) is 99.5 cm³/mol. The molecule has 6 nitrogen and oxygen atoms in total. The van der Waals surface area contributed by atoms with E-state index < -0.39 is 36.8 Å². The third-order valence-electron chi connectivity index (χ3n) is 3.34. The van der Waals surface area contributed by atoms with Gasteiger partial charge in [-0.2, -0.15) is 0 Å². The Morgan fingerprint density at radius 1 is 1.07 bits per heavy atom. The van der Waals surface area contributed by atoms with Crippen LogP contribution in [-0.2, 0) is 14.3 Å². The van der Waals surface area contributed by atoms with Gasteiger partial charge in [-0.1, -0.05) is 29.3 Å². The van der Waals surface area contributed by atoms with Crippen molar-refractivity contribution < 1.29 is 23.5 Å². The summed E-state index contributed by atoms with van der Waals surface area (Å²) in [6, 6.07) is 8.55. The predicted octanol–water partition coefficient (Wildman–Crippen LogP) is 3.35. The number of carbonyl (C=O) groups excluding carboxylic acids is 3. The van der Waals surface area contributed by atoms with Gasteiger partial charge in [0.15, 0.2) is 6.61 Å². The highest BCUT2D eigenvalue weighted by molar-refractivity contribution is 6.42. The molecule has 2 amide bonds. The quantitative estimate of drug-likeness (QED) is 0.712. The van der Waals surface area contributed by atoms with Crippen molar-refractivity contribution in [1.82, 2.24) is 5.32 Å². The Balaban J connectivity index is 1.77. The van der Waals surface area contributed by atoms with E-state index in [9.17, 15) is 18.8 Å². The van der Waals surface area contributed by atoms with Crippen LogP contribution < -0.4 is 10.6 Å². The van der Waals surface area contributed by atoms with Gasteiger partial charge in [0, 0.05) is 5.56 Å². The van der Waals surface area contributed by atoms with Gasteiger partial charge in [-0.05, 0) is 42.8 Å². The molecule has 9 heteroatoms. The van der Waals surface area contributed by atoms with E-state index in [4.69, 9.17) is 27.9 Å². The van der Waals surface area contributed by atoms with Crippen LogP contribution in [0.3, 0.4) is 0 Å². The first-order valence-corrected chi connectivity index (χ1v) is 8.46. The summed E-state index contributed by atoms with van der Waals surface area (Å²) in [6.07, 6.45) is 0. The van der Waals surface area contributed by atoms with Gasteiger partial charge >= 0.3 is 5.97 Å². The third-order valence-corrected chi connectivity index (χ3v) is 4.08. The molecule has 142 valence electrons. The third kappa shape index (κ3) is 6.23. The molecule has 2 aromatic rings. The maximum atomic E-state index is 13.6. The van der Waals surface area contributed by atoms with Crippen molar-refractivity contribution in [1.29, 1.82) is 0 Å². The fraction of sp³-hybridized carbons (Fsp3) is 0.167. The molecule has 0 fully saturated rings. The molecule has 0 aromatic heterocycles. The minimum atomic E-state index is -0.831. The normalized spacial score (nSPS) is 10.2. The zero-order valence-corrected chi connectivity index (χ0v) is 15.7. The molecular weight excluding hydrogens is 398 g/mol. The summed E-state index contributed by atoms with van der Waals surface area (Å²) in [6.45, 7) is 0.642. The largest absolute Gasteiger partial charge is 0.454 e. The molecule has 0 spiro atoms. The summed E-state index contributed by atoms with van der Waals surface area (Å²) in [7, 11) is 0. The van der Waals surface area contributed by atoms with Gasteiger partial charge in [0.05, 0.1) is 15.7 Å². The minimum Gasteiger partial charge on any atom is -0.454 e. The molecule has 0 aliphatic carbocycles. The molecule has 2 rings (SSSR count). The second-order valence-corrected chi connectivity index (χ2v) is 6.32. The summed E-state index contributed by atoms with van der Waals surface area (Å²) >= 11 is 11.6. The maximum Gasteiger partial charge on any atom is 0.325 e. The van der Waals surface area contributed by atoms with Gasteiger partial charge in [0.1, 0.15) is 12.4 Å². The van der Waals surface area contributed by atoms with Gasteiger partial charge < -0.3 is 15.4 Å². The van der Waals surface area contributed by atoms with E-state index in [0.717, 1.165) is 0 Å². The summed E-state index contributed by atoms with van der Waals surface area (Å²) in [4.78, 5) is 35.3. The molecule has 0 aliphatic heterocycles. The van der Waals surface area contributed by atoms with E-state index in [1.807, 2.05) is 0 Å². The number of nitrogens with one attached hydrogen (secondary N) is 2. The van der Waals surface area contributed by atoms with Crippen molar-refractivity contribution >= 4 is 46.7 Å². The van der Waals surface area contributed by atoms with Crippen molar-refractivity contribution in [3.8, 4) is 0 Å². The lowest BCUT2D eigenvalue weighted by Gasteiger charge is -2.09. The van der Waals surface area contributed by atoms with Crippen molar-refractivity contribution in [2.75, 3.05) is 18.5 Å². The summed E-state index contributed by atoms with van der Waals surface area (Å²) in [5.41, 5.74) is 0.897.